The molecule has 3 aromatic rings. The normalized spacial score (nSPS) is 16.4. The largest absolute Gasteiger partial charge is 0.454 e. The second kappa shape index (κ2) is 9.80. The van der Waals surface area contributed by atoms with Crippen LogP contribution in [0.3, 0.4) is 0 Å². The number of ether oxygens (including phenoxy) is 3. The van der Waals surface area contributed by atoms with E-state index in [9.17, 15) is 4.79 Å². The number of esters is 1. The van der Waals surface area contributed by atoms with Gasteiger partial charge in [-0.1, -0.05) is 13.8 Å². The third kappa shape index (κ3) is 5.36. The number of anilines is 2. The molecule has 0 atom stereocenters. The smallest absolute Gasteiger partial charge is 0.315 e. The Hall–Kier alpha value is -3.46. The molecule has 34 heavy (non-hydrogen) atoms. The molecular weight excluding hydrogens is 434 g/mol. The van der Waals surface area contributed by atoms with E-state index in [0.29, 0.717) is 29.2 Å². The molecule has 5 rings (SSSR count). The van der Waals surface area contributed by atoms with Gasteiger partial charge in [-0.15, -0.1) is 0 Å². The van der Waals surface area contributed by atoms with Crippen molar-refractivity contribution in [2.24, 2.45) is 5.92 Å². The predicted octanol–water partition coefficient (Wildman–Crippen LogP) is 5.00. The Morgan fingerprint density at radius 1 is 1.12 bits per heavy atom. The van der Waals surface area contributed by atoms with E-state index in [-0.39, 0.29) is 17.8 Å². The van der Waals surface area contributed by atoms with Crippen LogP contribution in [0.5, 0.6) is 17.4 Å². The highest BCUT2D eigenvalue weighted by molar-refractivity contribution is 5.74. The number of aromatic nitrogens is 4. The second-order valence-electron chi connectivity index (χ2n) is 9.04. The summed E-state index contributed by atoms with van der Waals surface area (Å²) in [5, 5.41) is 8.11. The molecule has 4 heterocycles. The molecule has 0 spiro atoms. The van der Waals surface area contributed by atoms with Crippen LogP contribution in [0, 0.1) is 5.92 Å². The van der Waals surface area contributed by atoms with E-state index in [1.165, 1.54) is 0 Å². The van der Waals surface area contributed by atoms with Gasteiger partial charge < -0.3 is 19.5 Å². The van der Waals surface area contributed by atoms with Crippen molar-refractivity contribution in [3.05, 3.63) is 48.5 Å². The molecule has 1 aliphatic heterocycles. The van der Waals surface area contributed by atoms with E-state index in [0.717, 1.165) is 50.3 Å². The Morgan fingerprint density at radius 3 is 2.68 bits per heavy atom. The molecule has 0 radical (unpaired) electrons. The summed E-state index contributed by atoms with van der Waals surface area (Å²) in [6, 6.07) is 7.60. The SMILES string of the molecule is CC(C)C(=O)Oc1cc(Nc2cc(Oc3cn(C4CC4)nc3C3CCOCC3)ccn2)ccn1. The maximum atomic E-state index is 11.9. The van der Waals surface area contributed by atoms with Gasteiger partial charge in [-0.25, -0.2) is 9.97 Å². The minimum absolute atomic E-state index is 0.232. The molecule has 1 saturated carbocycles. The van der Waals surface area contributed by atoms with Crippen LogP contribution in [0.25, 0.3) is 0 Å². The summed E-state index contributed by atoms with van der Waals surface area (Å²) in [4.78, 5) is 20.4. The average Bonchev–Trinajstić information content (AvgIpc) is 3.60. The zero-order valence-electron chi connectivity index (χ0n) is 19.4. The maximum absolute atomic E-state index is 11.9. The summed E-state index contributed by atoms with van der Waals surface area (Å²) in [6.45, 7) is 5.07. The lowest BCUT2D eigenvalue weighted by atomic mass is 9.96. The Bertz CT molecular complexity index is 1150. The van der Waals surface area contributed by atoms with Crippen LogP contribution in [-0.4, -0.2) is 38.9 Å². The quantitative estimate of drug-likeness (QED) is 0.466. The van der Waals surface area contributed by atoms with Gasteiger partial charge in [-0.05, 0) is 37.8 Å². The maximum Gasteiger partial charge on any atom is 0.315 e. The van der Waals surface area contributed by atoms with E-state index < -0.39 is 0 Å². The van der Waals surface area contributed by atoms with E-state index >= 15 is 0 Å². The van der Waals surface area contributed by atoms with Gasteiger partial charge in [0.15, 0.2) is 5.75 Å². The van der Waals surface area contributed by atoms with Crippen molar-refractivity contribution in [1.29, 1.82) is 0 Å². The van der Waals surface area contributed by atoms with Gasteiger partial charge in [-0.2, -0.15) is 5.10 Å². The van der Waals surface area contributed by atoms with Gasteiger partial charge in [0.2, 0.25) is 5.88 Å². The van der Waals surface area contributed by atoms with Crippen LogP contribution in [0.15, 0.2) is 42.9 Å². The first-order valence-corrected chi connectivity index (χ1v) is 11.8. The van der Waals surface area contributed by atoms with Crippen molar-refractivity contribution in [1.82, 2.24) is 19.7 Å². The van der Waals surface area contributed by atoms with Gasteiger partial charge >= 0.3 is 5.97 Å². The molecule has 1 saturated heterocycles. The topological polar surface area (TPSA) is 100 Å². The fraction of sp³-hybridized carbons (Fsp3) is 0.440. The molecule has 0 unspecified atom stereocenters. The van der Waals surface area contributed by atoms with Crippen molar-refractivity contribution in [3.63, 3.8) is 0 Å². The molecule has 0 bridgehead atoms. The summed E-state index contributed by atoms with van der Waals surface area (Å²) in [5.74, 6) is 2.09. The minimum atomic E-state index is -0.328. The average molecular weight is 464 g/mol. The standard InChI is InChI=1S/C25H29N5O4/c1-16(2)25(31)34-23-13-18(5-9-27-23)28-22-14-20(6-10-26-22)33-21-15-30(19-3-4-19)29-24(21)17-7-11-32-12-8-17/h5-6,9-10,13-17,19H,3-4,7-8,11-12H2,1-2H3,(H,26,27,28). The van der Waals surface area contributed by atoms with Crippen molar-refractivity contribution >= 4 is 17.5 Å². The van der Waals surface area contributed by atoms with Crippen LogP contribution < -0.4 is 14.8 Å². The van der Waals surface area contributed by atoms with Gasteiger partial charge in [0.05, 0.1) is 18.2 Å². The highest BCUT2D eigenvalue weighted by atomic mass is 16.5. The number of rotatable bonds is 8. The summed E-state index contributed by atoms with van der Waals surface area (Å²) in [7, 11) is 0. The molecule has 9 heteroatoms. The summed E-state index contributed by atoms with van der Waals surface area (Å²) < 4.78 is 19.2. The first-order chi connectivity index (χ1) is 16.5. The Labute approximate surface area is 198 Å². The molecular formula is C25H29N5O4. The van der Waals surface area contributed by atoms with Gasteiger partial charge in [0.1, 0.15) is 17.3 Å². The number of pyridine rings is 2. The van der Waals surface area contributed by atoms with Crippen molar-refractivity contribution < 1.29 is 19.0 Å². The lowest BCUT2D eigenvalue weighted by molar-refractivity contribution is -0.138. The Kier molecular flexibility index (Phi) is 6.44. The number of nitrogens with zero attached hydrogens (tertiary/aromatic N) is 4. The summed E-state index contributed by atoms with van der Waals surface area (Å²) >= 11 is 0. The molecule has 1 aliphatic carbocycles. The van der Waals surface area contributed by atoms with Crippen LogP contribution in [-0.2, 0) is 9.53 Å². The Morgan fingerprint density at radius 2 is 1.91 bits per heavy atom. The Balaban J connectivity index is 1.32. The van der Waals surface area contributed by atoms with Crippen LogP contribution in [0.2, 0.25) is 0 Å². The predicted molar refractivity (Wildman–Crippen MR) is 126 cm³/mol. The molecule has 3 aromatic heterocycles. The highest BCUT2D eigenvalue weighted by Gasteiger charge is 2.29. The third-order valence-corrected chi connectivity index (χ3v) is 5.90. The van der Waals surface area contributed by atoms with Gasteiger partial charge in [-0.3, -0.25) is 9.48 Å². The first-order valence-electron chi connectivity index (χ1n) is 11.8. The van der Waals surface area contributed by atoms with Crippen molar-refractivity contribution in [3.8, 4) is 17.4 Å². The first kappa shape index (κ1) is 22.3. The van der Waals surface area contributed by atoms with Crippen molar-refractivity contribution in [2.45, 2.75) is 51.5 Å². The van der Waals surface area contributed by atoms with Crippen molar-refractivity contribution in [2.75, 3.05) is 18.5 Å². The number of nitrogens with one attached hydrogen (secondary N) is 1. The highest BCUT2D eigenvalue weighted by Crippen LogP contribution is 2.40. The third-order valence-electron chi connectivity index (χ3n) is 5.90. The number of carbonyl (C=O) groups is 1. The van der Waals surface area contributed by atoms with E-state index in [1.54, 1.807) is 38.4 Å². The fourth-order valence-electron chi connectivity index (χ4n) is 3.83. The van der Waals surface area contributed by atoms with Crippen LogP contribution in [0.4, 0.5) is 11.5 Å². The molecule has 2 aliphatic rings. The number of carbonyl (C=O) groups excluding carboxylic acids is 1. The van der Waals surface area contributed by atoms with Gasteiger partial charge in [0.25, 0.3) is 0 Å². The molecule has 1 N–H and O–H groups in total. The minimum Gasteiger partial charge on any atom is -0.454 e. The lowest BCUT2D eigenvalue weighted by Gasteiger charge is -2.21. The zero-order chi connectivity index (χ0) is 23.5. The van der Waals surface area contributed by atoms with Crippen LogP contribution >= 0.6 is 0 Å². The molecule has 9 nitrogen and oxygen atoms in total. The monoisotopic (exact) mass is 463 g/mol. The van der Waals surface area contributed by atoms with E-state index in [2.05, 4.69) is 20.0 Å². The lowest BCUT2D eigenvalue weighted by Crippen LogP contribution is -2.15. The summed E-state index contributed by atoms with van der Waals surface area (Å²) in [6.07, 6.45) is 9.53. The van der Waals surface area contributed by atoms with Crippen LogP contribution in [0.1, 0.15) is 57.2 Å². The summed E-state index contributed by atoms with van der Waals surface area (Å²) in [5.41, 5.74) is 1.71. The van der Waals surface area contributed by atoms with E-state index in [4.69, 9.17) is 19.3 Å². The van der Waals surface area contributed by atoms with E-state index in [1.807, 2.05) is 18.3 Å². The second-order valence-corrected chi connectivity index (χ2v) is 9.04. The number of hydrogen-bond acceptors (Lipinski definition) is 8. The molecule has 2 fully saturated rings. The zero-order valence-corrected chi connectivity index (χ0v) is 19.4. The fourth-order valence-corrected chi connectivity index (χ4v) is 3.83. The molecule has 0 amide bonds. The molecule has 0 aromatic carbocycles. The molecule has 178 valence electrons. The van der Waals surface area contributed by atoms with Gasteiger partial charge in [0, 0.05) is 49.3 Å². The number of hydrogen-bond donors (Lipinski definition) is 1.